The maximum absolute atomic E-state index is 9.40. The molecule has 0 saturated heterocycles. The Hall–Kier alpha value is -0.755. The highest BCUT2D eigenvalue weighted by Gasteiger charge is 2.02. The van der Waals surface area contributed by atoms with Gasteiger partial charge in [-0.1, -0.05) is 36.7 Å². The summed E-state index contributed by atoms with van der Waals surface area (Å²) >= 11 is 0. The Labute approximate surface area is 68.5 Å². The lowest BCUT2D eigenvalue weighted by molar-refractivity contribution is 0.174. The van der Waals surface area contributed by atoms with Crippen LogP contribution in [0.5, 0.6) is 0 Å². The van der Waals surface area contributed by atoms with E-state index in [0.717, 1.165) is 12.0 Å². The van der Waals surface area contributed by atoms with E-state index in [4.69, 9.17) is 7.85 Å². The summed E-state index contributed by atoms with van der Waals surface area (Å²) in [6.07, 6.45) is 0.349. The summed E-state index contributed by atoms with van der Waals surface area (Å²) in [5.74, 6) is 0. The van der Waals surface area contributed by atoms with Gasteiger partial charge in [0, 0.05) is 0 Å². The van der Waals surface area contributed by atoms with Crippen molar-refractivity contribution in [1.29, 1.82) is 0 Å². The minimum Gasteiger partial charge on any atom is -0.388 e. The third-order valence-corrected chi connectivity index (χ3v) is 1.68. The van der Waals surface area contributed by atoms with Crippen LogP contribution < -0.4 is 5.46 Å². The minimum absolute atomic E-state index is 0.376. The van der Waals surface area contributed by atoms with E-state index in [1.807, 2.05) is 25.1 Å². The second-order valence-corrected chi connectivity index (χ2v) is 2.59. The number of hydrogen-bond donors (Lipinski definition) is 1. The molecule has 11 heavy (non-hydrogen) atoms. The Kier molecular flexibility index (Phi) is 2.72. The average molecular weight is 146 g/mol. The van der Waals surface area contributed by atoms with Crippen molar-refractivity contribution < 1.29 is 5.11 Å². The number of hydrogen-bond acceptors (Lipinski definition) is 1. The Morgan fingerprint density at radius 1 is 1.55 bits per heavy atom. The molecule has 1 unspecified atom stereocenters. The van der Waals surface area contributed by atoms with Gasteiger partial charge in [-0.05, 0) is 12.0 Å². The van der Waals surface area contributed by atoms with E-state index in [1.165, 1.54) is 0 Å². The number of aliphatic hydroxyl groups excluding tert-OH is 1. The highest BCUT2D eigenvalue weighted by Crippen LogP contribution is 2.13. The van der Waals surface area contributed by atoms with Crippen LogP contribution in [0.4, 0.5) is 0 Å². The SMILES string of the molecule is [B]c1cccc(C(O)CC)c1. The first-order chi connectivity index (χ1) is 5.24. The Morgan fingerprint density at radius 2 is 2.27 bits per heavy atom. The van der Waals surface area contributed by atoms with Crippen molar-refractivity contribution in [2.45, 2.75) is 19.4 Å². The summed E-state index contributed by atoms with van der Waals surface area (Å²) in [6.45, 7) is 1.94. The third kappa shape index (κ3) is 2.09. The fourth-order valence-electron chi connectivity index (χ4n) is 1.00. The molecular formula is C9H11BO. The van der Waals surface area contributed by atoms with Crippen molar-refractivity contribution in [3.05, 3.63) is 29.8 Å². The van der Waals surface area contributed by atoms with Crippen LogP contribution in [-0.4, -0.2) is 13.0 Å². The van der Waals surface area contributed by atoms with Gasteiger partial charge in [-0.25, -0.2) is 0 Å². The molecule has 2 heteroatoms. The van der Waals surface area contributed by atoms with Crippen molar-refractivity contribution in [1.82, 2.24) is 0 Å². The summed E-state index contributed by atoms with van der Waals surface area (Å²) in [5, 5.41) is 9.40. The number of rotatable bonds is 2. The normalized spacial score (nSPS) is 12.9. The fraction of sp³-hybridized carbons (Fsp3) is 0.333. The summed E-state index contributed by atoms with van der Waals surface area (Å²) in [4.78, 5) is 0. The third-order valence-electron chi connectivity index (χ3n) is 1.68. The van der Waals surface area contributed by atoms with Gasteiger partial charge in [-0.3, -0.25) is 0 Å². The van der Waals surface area contributed by atoms with E-state index in [9.17, 15) is 5.11 Å². The molecule has 2 radical (unpaired) electrons. The van der Waals surface area contributed by atoms with Crippen molar-refractivity contribution in [3.63, 3.8) is 0 Å². The van der Waals surface area contributed by atoms with E-state index in [1.54, 1.807) is 6.07 Å². The highest BCUT2D eigenvalue weighted by atomic mass is 16.3. The first-order valence-corrected chi connectivity index (χ1v) is 3.77. The predicted molar refractivity (Wildman–Crippen MR) is 47.1 cm³/mol. The minimum atomic E-state index is -0.376. The molecule has 0 aliphatic heterocycles. The monoisotopic (exact) mass is 146 g/mol. The molecule has 0 aromatic heterocycles. The highest BCUT2D eigenvalue weighted by molar-refractivity contribution is 6.32. The molecule has 0 spiro atoms. The molecule has 1 aromatic carbocycles. The van der Waals surface area contributed by atoms with Crippen molar-refractivity contribution >= 4 is 13.3 Å². The number of aliphatic hydroxyl groups is 1. The van der Waals surface area contributed by atoms with Gasteiger partial charge in [0.1, 0.15) is 7.85 Å². The molecule has 0 amide bonds. The second-order valence-electron chi connectivity index (χ2n) is 2.59. The van der Waals surface area contributed by atoms with Crippen LogP contribution in [0.2, 0.25) is 0 Å². The first kappa shape index (κ1) is 8.34. The van der Waals surface area contributed by atoms with Gasteiger partial charge in [0.2, 0.25) is 0 Å². The van der Waals surface area contributed by atoms with Gasteiger partial charge >= 0.3 is 0 Å². The molecule has 1 nitrogen and oxygen atoms in total. The van der Waals surface area contributed by atoms with Crippen molar-refractivity contribution in [2.75, 3.05) is 0 Å². The molecule has 0 bridgehead atoms. The van der Waals surface area contributed by atoms with E-state index >= 15 is 0 Å². The second kappa shape index (κ2) is 3.58. The lowest BCUT2D eigenvalue weighted by atomic mass is 9.93. The van der Waals surface area contributed by atoms with Crippen LogP contribution in [-0.2, 0) is 0 Å². The molecule has 1 aromatic rings. The zero-order chi connectivity index (χ0) is 8.27. The van der Waals surface area contributed by atoms with Gasteiger partial charge in [0.25, 0.3) is 0 Å². The van der Waals surface area contributed by atoms with E-state index in [0.29, 0.717) is 5.46 Å². The van der Waals surface area contributed by atoms with Gasteiger partial charge in [0.15, 0.2) is 0 Å². The summed E-state index contributed by atoms with van der Waals surface area (Å²) < 4.78 is 0. The largest absolute Gasteiger partial charge is 0.388 e. The predicted octanol–water partition coefficient (Wildman–Crippen LogP) is 0.924. The lowest BCUT2D eigenvalue weighted by Gasteiger charge is -2.07. The summed E-state index contributed by atoms with van der Waals surface area (Å²) in [5.41, 5.74) is 1.60. The van der Waals surface area contributed by atoms with Crippen molar-refractivity contribution in [2.24, 2.45) is 0 Å². The van der Waals surface area contributed by atoms with Crippen LogP contribution in [0.3, 0.4) is 0 Å². The Morgan fingerprint density at radius 3 is 2.82 bits per heavy atom. The molecular weight excluding hydrogens is 135 g/mol. The molecule has 0 heterocycles. The summed E-state index contributed by atoms with van der Waals surface area (Å²) in [7, 11) is 5.54. The summed E-state index contributed by atoms with van der Waals surface area (Å²) in [6, 6.07) is 7.34. The van der Waals surface area contributed by atoms with Crippen LogP contribution in [0.1, 0.15) is 25.0 Å². The molecule has 1 atom stereocenters. The fourth-order valence-corrected chi connectivity index (χ4v) is 1.00. The van der Waals surface area contributed by atoms with Crippen LogP contribution in [0.15, 0.2) is 24.3 Å². The van der Waals surface area contributed by atoms with Gasteiger partial charge in [-0.2, -0.15) is 0 Å². The van der Waals surface area contributed by atoms with Crippen LogP contribution in [0.25, 0.3) is 0 Å². The Bertz CT molecular complexity index is 235. The quantitative estimate of drug-likeness (QED) is 0.615. The molecule has 0 aliphatic carbocycles. The molecule has 1 rings (SSSR count). The maximum atomic E-state index is 9.40. The molecule has 0 fully saturated rings. The maximum Gasteiger partial charge on any atom is 0.113 e. The van der Waals surface area contributed by atoms with Crippen LogP contribution >= 0.6 is 0 Å². The van der Waals surface area contributed by atoms with Crippen molar-refractivity contribution in [3.8, 4) is 0 Å². The topological polar surface area (TPSA) is 20.2 Å². The Balaban J connectivity index is 2.86. The molecule has 0 aliphatic rings. The van der Waals surface area contributed by atoms with Crippen LogP contribution in [0, 0.1) is 0 Å². The number of benzene rings is 1. The van der Waals surface area contributed by atoms with E-state index < -0.39 is 0 Å². The first-order valence-electron chi connectivity index (χ1n) is 3.77. The van der Waals surface area contributed by atoms with Gasteiger partial charge in [0.05, 0.1) is 6.10 Å². The molecule has 56 valence electrons. The average Bonchev–Trinajstić information content (AvgIpc) is 2.03. The van der Waals surface area contributed by atoms with E-state index in [2.05, 4.69) is 0 Å². The smallest absolute Gasteiger partial charge is 0.113 e. The van der Waals surface area contributed by atoms with E-state index in [-0.39, 0.29) is 6.10 Å². The molecule has 1 N–H and O–H groups in total. The molecule has 0 saturated carbocycles. The van der Waals surface area contributed by atoms with Gasteiger partial charge in [-0.15, -0.1) is 0 Å². The lowest BCUT2D eigenvalue weighted by Crippen LogP contribution is -2.05. The zero-order valence-corrected chi connectivity index (χ0v) is 6.62. The van der Waals surface area contributed by atoms with Gasteiger partial charge < -0.3 is 5.11 Å². The zero-order valence-electron chi connectivity index (χ0n) is 6.62. The standard InChI is InChI=1S/C9H11BO/c1-2-9(11)7-4-3-5-8(10)6-7/h3-6,9,11H,2H2,1H3.